The molecule has 1 aliphatic heterocycles. The molecule has 7 nitrogen and oxygen atoms in total. The monoisotopic (exact) mass is 445 g/mol. The van der Waals surface area contributed by atoms with Crippen molar-refractivity contribution in [1.29, 1.82) is 0 Å². The highest BCUT2D eigenvalue weighted by molar-refractivity contribution is 7.89. The summed E-state index contributed by atoms with van der Waals surface area (Å²) < 4.78 is 33.7. The number of para-hydroxylation sites is 1. The Kier molecular flexibility index (Phi) is 6.03. The molecule has 2 aromatic carbocycles. The number of fused-ring (bicyclic) bond motifs is 1. The molecule has 4 rings (SSSR count). The number of carbonyl (C=O) groups excluding carboxylic acids is 1. The van der Waals surface area contributed by atoms with Crippen LogP contribution < -0.4 is 10.1 Å². The first-order chi connectivity index (χ1) is 14.5. The highest BCUT2D eigenvalue weighted by Crippen LogP contribution is 2.33. The molecular formula is C21H23N3O4S2. The van der Waals surface area contributed by atoms with Crippen LogP contribution in [0.5, 0.6) is 5.75 Å². The van der Waals surface area contributed by atoms with Gasteiger partial charge in [-0.25, -0.2) is 13.4 Å². The van der Waals surface area contributed by atoms with Crippen molar-refractivity contribution in [3.05, 3.63) is 48.5 Å². The van der Waals surface area contributed by atoms with Gasteiger partial charge in [-0.2, -0.15) is 4.31 Å². The van der Waals surface area contributed by atoms with E-state index in [-0.39, 0.29) is 17.3 Å². The molecule has 1 saturated heterocycles. The number of amides is 1. The number of aromatic nitrogens is 1. The van der Waals surface area contributed by atoms with Crippen LogP contribution in [-0.4, -0.2) is 43.3 Å². The third-order valence-electron chi connectivity index (χ3n) is 5.05. The predicted octanol–water partition coefficient (Wildman–Crippen LogP) is 3.73. The number of thiazole rings is 1. The fourth-order valence-corrected chi connectivity index (χ4v) is 6.00. The summed E-state index contributed by atoms with van der Waals surface area (Å²) in [5, 5.41) is 3.36. The van der Waals surface area contributed by atoms with Crippen LogP contribution in [-0.2, 0) is 14.8 Å². The zero-order chi connectivity index (χ0) is 21.1. The Hall–Kier alpha value is -2.49. The molecule has 30 heavy (non-hydrogen) atoms. The highest BCUT2D eigenvalue weighted by atomic mass is 32.2. The smallest absolute Gasteiger partial charge is 0.243 e. The van der Waals surface area contributed by atoms with E-state index in [2.05, 4.69) is 10.3 Å². The van der Waals surface area contributed by atoms with Crippen LogP contribution in [0.2, 0.25) is 0 Å². The lowest BCUT2D eigenvalue weighted by atomic mass is 9.99. The van der Waals surface area contributed by atoms with E-state index in [0.29, 0.717) is 36.9 Å². The van der Waals surface area contributed by atoms with Crippen molar-refractivity contribution in [2.24, 2.45) is 5.92 Å². The summed E-state index contributed by atoms with van der Waals surface area (Å²) in [5.74, 6) is 0.0557. The van der Waals surface area contributed by atoms with Crippen LogP contribution in [0.25, 0.3) is 10.2 Å². The van der Waals surface area contributed by atoms with Gasteiger partial charge in [0.2, 0.25) is 15.9 Å². The molecule has 0 saturated carbocycles. The van der Waals surface area contributed by atoms with Crippen LogP contribution >= 0.6 is 11.3 Å². The lowest BCUT2D eigenvalue weighted by Crippen LogP contribution is -2.43. The molecule has 1 fully saturated rings. The van der Waals surface area contributed by atoms with Crippen LogP contribution in [0.15, 0.2) is 53.4 Å². The molecule has 0 aliphatic carbocycles. The predicted molar refractivity (Wildman–Crippen MR) is 117 cm³/mol. The molecule has 9 heteroatoms. The molecule has 158 valence electrons. The van der Waals surface area contributed by atoms with Crippen molar-refractivity contribution >= 4 is 42.6 Å². The van der Waals surface area contributed by atoms with Gasteiger partial charge >= 0.3 is 0 Å². The van der Waals surface area contributed by atoms with Gasteiger partial charge < -0.3 is 10.1 Å². The molecule has 1 atom stereocenters. The second-order valence-corrected chi connectivity index (χ2v) is 10.0. The molecule has 1 amide bonds. The second kappa shape index (κ2) is 8.71. The van der Waals surface area contributed by atoms with Crippen LogP contribution in [0.4, 0.5) is 5.13 Å². The minimum absolute atomic E-state index is 0.165. The molecule has 1 unspecified atom stereocenters. The van der Waals surface area contributed by atoms with Gasteiger partial charge in [0.25, 0.3) is 0 Å². The first-order valence-electron chi connectivity index (χ1n) is 9.87. The van der Waals surface area contributed by atoms with E-state index in [1.165, 1.54) is 15.6 Å². The number of rotatable bonds is 6. The Balaban J connectivity index is 1.49. The van der Waals surface area contributed by atoms with Gasteiger partial charge in [0.1, 0.15) is 11.3 Å². The summed E-state index contributed by atoms with van der Waals surface area (Å²) in [6.07, 6.45) is 1.28. The number of hydrogen-bond acceptors (Lipinski definition) is 6. The number of ether oxygens (including phenoxy) is 1. The van der Waals surface area contributed by atoms with E-state index in [1.807, 2.05) is 25.1 Å². The Labute approximate surface area is 179 Å². The molecule has 1 aliphatic rings. The first-order valence-corrected chi connectivity index (χ1v) is 12.1. The Morgan fingerprint density at radius 3 is 2.80 bits per heavy atom. The number of carbonyl (C=O) groups is 1. The number of nitrogens with one attached hydrogen (secondary N) is 1. The first kappa shape index (κ1) is 20.8. The molecular weight excluding hydrogens is 422 g/mol. The quantitative estimate of drug-likeness (QED) is 0.624. The molecule has 0 spiro atoms. The lowest BCUT2D eigenvalue weighted by molar-refractivity contribution is -0.120. The third-order valence-corrected chi connectivity index (χ3v) is 7.86. The van der Waals surface area contributed by atoms with Crippen molar-refractivity contribution in [2.75, 3.05) is 25.0 Å². The average molecular weight is 446 g/mol. The van der Waals surface area contributed by atoms with E-state index in [4.69, 9.17) is 4.74 Å². The van der Waals surface area contributed by atoms with Crippen molar-refractivity contribution in [2.45, 2.75) is 24.7 Å². The van der Waals surface area contributed by atoms with E-state index in [0.717, 1.165) is 10.2 Å². The highest BCUT2D eigenvalue weighted by Gasteiger charge is 2.33. The van der Waals surface area contributed by atoms with E-state index < -0.39 is 15.9 Å². The van der Waals surface area contributed by atoms with Gasteiger partial charge in [0.05, 0.1) is 22.1 Å². The van der Waals surface area contributed by atoms with Gasteiger partial charge in [0, 0.05) is 13.1 Å². The molecule has 1 N–H and O–H groups in total. The standard InChI is InChI=1S/C21H23N3O4S2/c1-2-28-17-11-6-12-18-19(17)22-21(29-18)23-20(25)15-8-7-13-24(14-15)30(26,27)16-9-4-3-5-10-16/h3-6,9-12,15H,2,7-8,13-14H2,1H3,(H,22,23,25). The maximum absolute atomic E-state index is 12.9. The minimum atomic E-state index is -3.61. The SMILES string of the molecule is CCOc1cccc2sc(NC(=O)C3CCCN(S(=O)(=O)c4ccccc4)C3)nc12. The summed E-state index contributed by atoms with van der Waals surface area (Å²) in [6.45, 7) is 3.02. The Morgan fingerprint density at radius 2 is 2.03 bits per heavy atom. The Bertz CT molecular complexity index is 1150. The summed E-state index contributed by atoms with van der Waals surface area (Å²) in [4.78, 5) is 17.6. The molecule has 0 radical (unpaired) electrons. The normalized spacial score (nSPS) is 17.7. The third kappa shape index (κ3) is 4.19. The summed E-state index contributed by atoms with van der Waals surface area (Å²) in [6, 6.07) is 14.0. The minimum Gasteiger partial charge on any atom is -0.492 e. The molecule has 2 heterocycles. The number of benzene rings is 2. The van der Waals surface area contributed by atoms with Crippen molar-refractivity contribution in [1.82, 2.24) is 9.29 Å². The second-order valence-electron chi connectivity index (χ2n) is 7.06. The lowest BCUT2D eigenvalue weighted by Gasteiger charge is -2.31. The fraction of sp³-hybridized carbons (Fsp3) is 0.333. The number of anilines is 1. The van der Waals surface area contributed by atoms with Gasteiger partial charge in [-0.15, -0.1) is 0 Å². The van der Waals surface area contributed by atoms with E-state index >= 15 is 0 Å². The molecule has 0 bridgehead atoms. The average Bonchev–Trinajstić information content (AvgIpc) is 3.18. The van der Waals surface area contributed by atoms with E-state index in [9.17, 15) is 13.2 Å². The zero-order valence-electron chi connectivity index (χ0n) is 16.6. The van der Waals surface area contributed by atoms with Gasteiger partial charge in [-0.05, 0) is 44.0 Å². The zero-order valence-corrected chi connectivity index (χ0v) is 18.2. The van der Waals surface area contributed by atoms with Crippen molar-refractivity contribution in [3.63, 3.8) is 0 Å². The summed E-state index contributed by atoms with van der Waals surface area (Å²) >= 11 is 1.38. The van der Waals surface area contributed by atoms with Crippen LogP contribution in [0.3, 0.4) is 0 Å². The Morgan fingerprint density at radius 1 is 1.23 bits per heavy atom. The van der Waals surface area contributed by atoms with Gasteiger partial charge in [-0.1, -0.05) is 35.6 Å². The van der Waals surface area contributed by atoms with E-state index in [1.54, 1.807) is 30.3 Å². The maximum Gasteiger partial charge on any atom is 0.243 e. The van der Waals surface area contributed by atoms with Crippen molar-refractivity contribution < 1.29 is 17.9 Å². The molecule has 1 aromatic heterocycles. The van der Waals surface area contributed by atoms with Crippen molar-refractivity contribution in [3.8, 4) is 5.75 Å². The largest absolute Gasteiger partial charge is 0.492 e. The topological polar surface area (TPSA) is 88.6 Å². The van der Waals surface area contributed by atoms with Crippen LogP contribution in [0.1, 0.15) is 19.8 Å². The fourth-order valence-electron chi connectivity index (χ4n) is 3.57. The molecule has 3 aromatic rings. The van der Waals surface area contributed by atoms with Gasteiger partial charge in [0.15, 0.2) is 5.13 Å². The number of hydrogen-bond donors (Lipinski definition) is 1. The van der Waals surface area contributed by atoms with Gasteiger partial charge in [-0.3, -0.25) is 4.79 Å². The maximum atomic E-state index is 12.9. The summed E-state index contributed by atoms with van der Waals surface area (Å²) in [7, 11) is -3.61. The summed E-state index contributed by atoms with van der Waals surface area (Å²) in [5.41, 5.74) is 0.719. The number of sulfonamides is 1. The number of nitrogens with zero attached hydrogens (tertiary/aromatic N) is 2. The van der Waals surface area contributed by atoms with Crippen LogP contribution in [0, 0.1) is 5.92 Å². The number of piperidine rings is 1.